The Kier molecular flexibility index (Phi) is 8.26. The van der Waals surface area contributed by atoms with E-state index in [1.807, 2.05) is 19.9 Å². The molecule has 0 aliphatic heterocycles. The predicted molar refractivity (Wildman–Crippen MR) is 98.0 cm³/mol. The molecular weight excluding hydrogens is 318 g/mol. The standard InChI is InChI=1S/C18H29N3O2Si/c1-13(2)9-10-15(23-24(7,8)18(4,5)6)11-14(3)17(22)16(12-19)21-20/h10,14-15H,11H2,1-8H3/t14-,15+/m0/s1. The van der Waals surface area contributed by atoms with E-state index in [9.17, 15) is 4.79 Å². The maximum Gasteiger partial charge on any atom is 0.434 e. The van der Waals surface area contributed by atoms with Crippen LogP contribution in [0.25, 0.3) is 5.53 Å². The Morgan fingerprint density at radius 1 is 1.38 bits per heavy atom. The monoisotopic (exact) mass is 347 g/mol. The molecule has 6 heteroatoms. The molecule has 0 aromatic heterocycles. The van der Waals surface area contributed by atoms with Crippen LogP contribution in [0.3, 0.4) is 0 Å². The average Bonchev–Trinajstić information content (AvgIpc) is 2.44. The lowest BCUT2D eigenvalue weighted by Gasteiger charge is -2.38. The molecule has 0 heterocycles. The first-order chi connectivity index (χ1) is 10.9. The molecule has 24 heavy (non-hydrogen) atoms. The zero-order valence-electron chi connectivity index (χ0n) is 16.1. The SMILES string of the molecule is CC(C)=C=C[C@H](C[C@H](C)C(=O)C(C#N)=[N+]=[N-])O[Si](C)(C)C(C)(C)C. The smallest absolute Gasteiger partial charge is 0.410 e. The first-order valence-corrected chi connectivity index (χ1v) is 11.0. The third kappa shape index (κ3) is 6.78. The van der Waals surface area contributed by atoms with Gasteiger partial charge >= 0.3 is 5.71 Å². The molecule has 0 aliphatic carbocycles. The molecular formula is C18H29N3O2Si. The molecule has 0 N–H and O–H groups in total. The van der Waals surface area contributed by atoms with Crippen molar-refractivity contribution in [2.75, 3.05) is 0 Å². The van der Waals surface area contributed by atoms with Crippen LogP contribution in [0.5, 0.6) is 0 Å². The van der Waals surface area contributed by atoms with E-state index in [0.29, 0.717) is 6.42 Å². The van der Waals surface area contributed by atoms with Crippen molar-refractivity contribution in [1.82, 2.24) is 0 Å². The van der Waals surface area contributed by atoms with Crippen molar-refractivity contribution >= 4 is 19.8 Å². The van der Waals surface area contributed by atoms with Crippen LogP contribution < -0.4 is 0 Å². The summed E-state index contributed by atoms with van der Waals surface area (Å²) in [4.78, 5) is 14.9. The van der Waals surface area contributed by atoms with Gasteiger partial charge < -0.3 is 9.96 Å². The molecule has 132 valence electrons. The second-order valence-electron chi connectivity index (χ2n) is 7.79. The summed E-state index contributed by atoms with van der Waals surface area (Å²) in [5, 5.41) is 8.88. The maximum atomic E-state index is 12.1. The highest BCUT2D eigenvalue weighted by atomic mass is 28.4. The molecule has 0 spiro atoms. The molecule has 2 atom stereocenters. The third-order valence-electron chi connectivity index (χ3n) is 4.28. The fourth-order valence-electron chi connectivity index (χ4n) is 1.78. The molecule has 0 aliphatic rings. The van der Waals surface area contributed by atoms with E-state index in [0.717, 1.165) is 5.57 Å². The summed E-state index contributed by atoms with van der Waals surface area (Å²) >= 11 is 0. The highest BCUT2D eigenvalue weighted by molar-refractivity contribution is 6.74. The normalized spacial score (nSPS) is 13.8. The van der Waals surface area contributed by atoms with E-state index in [1.165, 1.54) is 0 Å². The van der Waals surface area contributed by atoms with Crippen molar-refractivity contribution in [3.8, 4) is 6.07 Å². The van der Waals surface area contributed by atoms with Gasteiger partial charge in [0, 0.05) is 5.92 Å². The topological polar surface area (TPSA) is 86.5 Å². The minimum Gasteiger partial charge on any atom is -0.410 e. The van der Waals surface area contributed by atoms with E-state index in [1.54, 1.807) is 13.0 Å². The summed E-state index contributed by atoms with van der Waals surface area (Å²) in [5.74, 6) is -0.963. The van der Waals surface area contributed by atoms with Crippen molar-refractivity contribution in [3.63, 3.8) is 0 Å². The number of nitriles is 1. The van der Waals surface area contributed by atoms with Gasteiger partial charge in [0.1, 0.15) is 0 Å². The number of nitrogens with zero attached hydrogens (tertiary/aromatic N) is 3. The molecule has 0 radical (unpaired) electrons. The number of ketones is 1. The number of carbonyl (C=O) groups excluding carboxylic acids is 1. The zero-order valence-corrected chi connectivity index (χ0v) is 17.1. The summed E-state index contributed by atoms with van der Waals surface area (Å²) in [7, 11) is -2.02. The van der Waals surface area contributed by atoms with E-state index >= 15 is 0 Å². The lowest BCUT2D eigenvalue weighted by atomic mass is 9.96. The molecule has 0 unspecified atom stereocenters. The Hall–Kier alpha value is -1.76. The molecule has 0 aromatic rings. The van der Waals surface area contributed by atoms with Crippen LogP contribution in [0.2, 0.25) is 18.1 Å². The molecule has 0 aromatic carbocycles. The molecule has 5 nitrogen and oxygen atoms in total. The molecule has 0 bridgehead atoms. The highest BCUT2D eigenvalue weighted by Crippen LogP contribution is 2.38. The van der Waals surface area contributed by atoms with E-state index < -0.39 is 25.7 Å². The highest BCUT2D eigenvalue weighted by Gasteiger charge is 2.39. The van der Waals surface area contributed by atoms with Crippen LogP contribution in [-0.2, 0) is 9.22 Å². The Bertz CT molecular complexity index is 622. The lowest BCUT2D eigenvalue weighted by molar-refractivity contribution is -0.120. The van der Waals surface area contributed by atoms with E-state index in [-0.39, 0.29) is 11.1 Å². The summed E-state index contributed by atoms with van der Waals surface area (Å²) in [6.45, 7) is 16.4. The fraction of sp³-hybridized carbons (Fsp3) is 0.667. The van der Waals surface area contributed by atoms with Gasteiger partial charge in [0.2, 0.25) is 0 Å². The van der Waals surface area contributed by atoms with E-state index in [4.69, 9.17) is 15.2 Å². The van der Waals surface area contributed by atoms with Crippen LogP contribution in [0.4, 0.5) is 0 Å². The largest absolute Gasteiger partial charge is 0.434 e. The summed E-state index contributed by atoms with van der Waals surface area (Å²) in [6.07, 6.45) is 1.98. The summed E-state index contributed by atoms with van der Waals surface area (Å²) < 4.78 is 6.39. The molecule has 0 amide bonds. The second kappa shape index (κ2) is 8.91. The van der Waals surface area contributed by atoms with Crippen molar-refractivity contribution in [1.29, 1.82) is 5.26 Å². The van der Waals surface area contributed by atoms with Gasteiger partial charge in [-0.15, -0.1) is 5.73 Å². The average molecular weight is 348 g/mol. The van der Waals surface area contributed by atoms with Crippen LogP contribution >= 0.6 is 0 Å². The molecule has 0 saturated heterocycles. The number of Topliss-reactive ketones (excluding diaryl/α,β-unsaturated/α-hetero) is 1. The van der Waals surface area contributed by atoms with Crippen molar-refractivity contribution in [2.24, 2.45) is 5.92 Å². The number of rotatable bonds is 7. The maximum absolute atomic E-state index is 12.1. The van der Waals surface area contributed by atoms with Gasteiger partial charge in [0.05, 0.1) is 6.10 Å². The van der Waals surface area contributed by atoms with Gasteiger partial charge in [-0.3, -0.25) is 4.79 Å². The van der Waals surface area contributed by atoms with Crippen molar-refractivity contribution in [3.05, 3.63) is 22.9 Å². The second-order valence-corrected chi connectivity index (χ2v) is 12.5. The zero-order chi connectivity index (χ0) is 19.1. The van der Waals surface area contributed by atoms with Crippen molar-refractivity contribution < 1.29 is 14.0 Å². The Morgan fingerprint density at radius 2 is 1.92 bits per heavy atom. The third-order valence-corrected chi connectivity index (χ3v) is 8.79. The Labute approximate surface area is 146 Å². The minimum absolute atomic E-state index is 0.0433. The molecule has 0 fully saturated rings. The Balaban J connectivity index is 5.47. The van der Waals surface area contributed by atoms with Gasteiger partial charge in [0.15, 0.2) is 14.4 Å². The van der Waals surface area contributed by atoms with Crippen LogP contribution in [-0.4, -0.2) is 30.7 Å². The predicted octanol–water partition coefficient (Wildman–Crippen LogP) is 4.29. The lowest BCUT2D eigenvalue weighted by Crippen LogP contribution is -2.44. The van der Waals surface area contributed by atoms with Gasteiger partial charge in [-0.2, -0.15) is 10.1 Å². The van der Waals surface area contributed by atoms with Gasteiger partial charge in [-0.05, 0) is 50.0 Å². The fourth-order valence-corrected chi connectivity index (χ4v) is 3.06. The Morgan fingerprint density at radius 3 is 2.29 bits per heavy atom. The summed E-state index contributed by atoms with van der Waals surface area (Å²) in [6, 6.07) is 1.62. The quantitative estimate of drug-likeness (QED) is 0.226. The van der Waals surface area contributed by atoms with Crippen LogP contribution in [0.1, 0.15) is 48.0 Å². The number of hydrogen-bond donors (Lipinski definition) is 0. The molecule has 0 saturated carbocycles. The van der Waals surface area contributed by atoms with Gasteiger partial charge in [-0.1, -0.05) is 27.7 Å². The summed E-state index contributed by atoms with van der Waals surface area (Å²) in [5.41, 5.74) is 12.4. The number of carbonyl (C=O) groups is 1. The van der Waals surface area contributed by atoms with Crippen LogP contribution in [0, 0.1) is 17.2 Å². The van der Waals surface area contributed by atoms with E-state index in [2.05, 4.69) is 44.4 Å². The van der Waals surface area contributed by atoms with Crippen molar-refractivity contribution in [2.45, 2.75) is 72.2 Å². The number of hydrogen-bond acceptors (Lipinski definition) is 3. The first-order valence-electron chi connectivity index (χ1n) is 8.10. The molecule has 0 rings (SSSR count). The minimum atomic E-state index is -2.02. The van der Waals surface area contributed by atoms with Crippen LogP contribution in [0.15, 0.2) is 17.4 Å². The van der Waals surface area contributed by atoms with Gasteiger partial charge in [-0.25, -0.2) is 0 Å². The van der Waals surface area contributed by atoms with Gasteiger partial charge in [0.25, 0.3) is 5.78 Å². The first kappa shape index (κ1) is 22.2.